The quantitative estimate of drug-likeness (QED) is 0.844. The molecule has 1 heterocycles. The lowest BCUT2D eigenvalue weighted by molar-refractivity contribution is 0.0893. The minimum atomic E-state index is -0.698. The Hall–Kier alpha value is -1.57. The van der Waals surface area contributed by atoms with E-state index in [9.17, 15) is 13.6 Å². The minimum Gasteiger partial charge on any atom is -0.344 e. The largest absolute Gasteiger partial charge is 0.344 e. The summed E-state index contributed by atoms with van der Waals surface area (Å²) in [7, 11) is 0. The van der Waals surface area contributed by atoms with Crippen molar-refractivity contribution in [3.8, 4) is 10.6 Å². The number of aromatic nitrogens is 1. The summed E-state index contributed by atoms with van der Waals surface area (Å²) < 4.78 is 27.6. The SMILES string of the molecule is CC(CN)(NC(=O)c1csc(-c2c(F)cccc2F)n1)C1CC1.Cl. The first-order valence-corrected chi connectivity index (χ1v) is 8.25. The molecular formula is C16H18ClF2N3OS. The van der Waals surface area contributed by atoms with Crippen molar-refractivity contribution in [3.63, 3.8) is 0 Å². The van der Waals surface area contributed by atoms with Crippen molar-refractivity contribution in [1.29, 1.82) is 0 Å². The number of nitrogens with two attached hydrogens (primary N) is 1. The summed E-state index contributed by atoms with van der Waals surface area (Å²) in [6, 6.07) is 3.62. The van der Waals surface area contributed by atoms with Gasteiger partial charge in [-0.25, -0.2) is 13.8 Å². The van der Waals surface area contributed by atoms with E-state index in [0.717, 1.165) is 36.3 Å². The summed E-state index contributed by atoms with van der Waals surface area (Å²) in [6.07, 6.45) is 2.08. The average Bonchev–Trinajstić information content (AvgIpc) is 3.27. The molecule has 0 saturated heterocycles. The number of rotatable bonds is 5. The fourth-order valence-corrected chi connectivity index (χ4v) is 3.41. The number of nitrogens with one attached hydrogen (secondary N) is 1. The number of thiazole rings is 1. The van der Waals surface area contributed by atoms with Gasteiger partial charge in [-0.15, -0.1) is 23.7 Å². The molecule has 3 N–H and O–H groups in total. The maximum Gasteiger partial charge on any atom is 0.271 e. The molecule has 0 bridgehead atoms. The molecule has 1 aromatic heterocycles. The van der Waals surface area contributed by atoms with Crippen LogP contribution < -0.4 is 11.1 Å². The van der Waals surface area contributed by atoms with Crippen molar-refractivity contribution in [3.05, 3.63) is 40.9 Å². The number of hydrogen-bond donors (Lipinski definition) is 2. The number of halogens is 3. The molecule has 0 spiro atoms. The number of carbonyl (C=O) groups excluding carboxylic acids is 1. The van der Waals surface area contributed by atoms with E-state index in [-0.39, 0.29) is 34.6 Å². The first kappa shape index (κ1) is 18.8. The smallest absolute Gasteiger partial charge is 0.271 e. The van der Waals surface area contributed by atoms with E-state index in [1.807, 2.05) is 6.92 Å². The molecular weight excluding hydrogens is 356 g/mol. The Morgan fingerprint density at radius 2 is 2.04 bits per heavy atom. The Balaban J connectivity index is 0.00000208. The van der Waals surface area contributed by atoms with Crippen LogP contribution >= 0.6 is 23.7 Å². The minimum absolute atomic E-state index is 0. The molecule has 1 aliphatic rings. The highest BCUT2D eigenvalue weighted by Gasteiger charge is 2.41. The fraction of sp³-hybridized carbons (Fsp3) is 0.375. The zero-order chi connectivity index (χ0) is 16.6. The zero-order valence-corrected chi connectivity index (χ0v) is 14.6. The lowest BCUT2D eigenvalue weighted by Gasteiger charge is -2.29. The third-order valence-corrected chi connectivity index (χ3v) is 5.07. The van der Waals surface area contributed by atoms with Gasteiger partial charge >= 0.3 is 0 Å². The molecule has 1 aromatic carbocycles. The second kappa shape index (κ2) is 7.13. The van der Waals surface area contributed by atoms with Crippen LogP contribution in [-0.2, 0) is 0 Å². The zero-order valence-electron chi connectivity index (χ0n) is 13.0. The van der Waals surface area contributed by atoms with E-state index < -0.39 is 17.2 Å². The van der Waals surface area contributed by atoms with Crippen LogP contribution in [-0.4, -0.2) is 23.0 Å². The predicted octanol–water partition coefficient (Wildman–Crippen LogP) is 3.37. The van der Waals surface area contributed by atoms with Gasteiger partial charge in [-0.1, -0.05) is 6.07 Å². The molecule has 1 unspecified atom stereocenters. The second-order valence-corrected chi connectivity index (χ2v) is 6.84. The molecule has 1 atom stereocenters. The summed E-state index contributed by atoms with van der Waals surface area (Å²) >= 11 is 1.03. The highest BCUT2D eigenvalue weighted by atomic mass is 35.5. The van der Waals surface area contributed by atoms with Crippen LogP contribution in [0.25, 0.3) is 10.6 Å². The molecule has 24 heavy (non-hydrogen) atoms. The molecule has 1 aliphatic carbocycles. The highest BCUT2D eigenvalue weighted by molar-refractivity contribution is 7.13. The Bertz CT molecular complexity index is 730. The van der Waals surface area contributed by atoms with Crippen molar-refractivity contribution in [2.45, 2.75) is 25.3 Å². The molecule has 4 nitrogen and oxygen atoms in total. The van der Waals surface area contributed by atoms with E-state index in [4.69, 9.17) is 5.73 Å². The third-order valence-electron chi connectivity index (χ3n) is 4.21. The molecule has 1 amide bonds. The lowest BCUT2D eigenvalue weighted by Crippen LogP contribution is -2.53. The maximum atomic E-state index is 13.8. The molecule has 130 valence electrons. The van der Waals surface area contributed by atoms with Gasteiger partial charge in [0.1, 0.15) is 22.3 Å². The summed E-state index contributed by atoms with van der Waals surface area (Å²) in [5.41, 5.74) is 5.25. The summed E-state index contributed by atoms with van der Waals surface area (Å²) in [5.74, 6) is -1.39. The van der Waals surface area contributed by atoms with Crippen LogP contribution in [0.4, 0.5) is 8.78 Å². The van der Waals surface area contributed by atoms with E-state index in [1.54, 1.807) is 0 Å². The van der Waals surface area contributed by atoms with Crippen molar-refractivity contribution in [2.75, 3.05) is 6.54 Å². The standard InChI is InChI=1S/C16H17F2N3OS.ClH/c1-16(8-19,9-5-6-9)21-14(22)12-7-23-15(20-12)13-10(17)3-2-4-11(13)18;/h2-4,7,9H,5-6,8,19H2,1H3,(H,21,22);1H. The predicted molar refractivity (Wildman–Crippen MR) is 92.4 cm³/mol. The van der Waals surface area contributed by atoms with Gasteiger partial charge < -0.3 is 11.1 Å². The van der Waals surface area contributed by atoms with E-state index >= 15 is 0 Å². The van der Waals surface area contributed by atoms with Crippen LogP contribution in [0.1, 0.15) is 30.3 Å². The maximum absolute atomic E-state index is 13.8. The fourth-order valence-electron chi connectivity index (χ4n) is 2.56. The van der Waals surface area contributed by atoms with E-state index in [2.05, 4.69) is 10.3 Å². The van der Waals surface area contributed by atoms with Crippen LogP contribution in [0, 0.1) is 17.6 Å². The molecule has 0 aliphatic heterocycles. The van der Waals surface area contributed by atoms with Gasteiger partial charge in [0.25, 0.3) is 5.91 Å². The Morgan fingerprint density at radius 1 is 1.42 bits per heavy atom. The third kappa shape index (κ3) is 3.58. The molecule has 8 heteroatoms. The van der Waals surface area contributed by atoms with Crippen LogP contribution in [0.15, 0.2) is 23.6 Å². The van der Waals surface area contributed by atoms with Crippen LogP contribution in [0.5, 0.6) is 0 Å². The molecule has 2 aromatic rings. The summed E-state index contributed by atoms with van der Waals surface area (Å²) in [6.45, 7) is 2.24. The highest BCUT2D eigenvalue weighted by Crippen LogP contribution is 2.39. The van der Waals surface area contributed by atoms with E-state index in [0.29, 0.717) is 12.5 Å². The normalized spacial score (nSPS) is 16.2. The van der Waals surface area contributed by atoms with Gasteiger partial charge in [-0.05, 0) is 37.8 Å². The number of nitrogens with zero attached hydrogens (tertiary/aromatic N) is 1. The Morgan fingerprint density at radius 3 is 2.58 bits per heavy atom. The monoisotopic (exact) mass is 373 g/mol. The second-order valence-electron chi connectivity index (χ2n) is 5.98. The van der Waals surface area contributed by atoms with Gasteiger partial charge in [0.2, 0.25) is 0 Å². The molecule has 3 rings (SSSR count). The van der Waals surface area contributed by atoms with Crippen LogP contribution in [0.2, 0.25) is 0 Å². The molecule has 1 fully saturated rings. The lowest BCUT2D eigenvalue weighted by atomic mass is 9.96. The van der Waals surface area contributed by atoms with Crippen molar-refractivity contribution >= 4 is 29.7 Å². The van der Waals surface area contributed by atoms with Gasteiger partial charge in [-0.2, -0.15) is 0 Å². The molecule has 0 radical (unpaired) electrons. The topological polar surface area (TPSA) is 68.0 Å². The Kier molecular flexibility index (Phi) is 5.57. The van der Waals surface area contributed by atoms with Crippen molar-refractivity contribution in [1.82, 2.24) is 10.3 Å². The number of amides is 1. The van der Waals surface area contributed by atoms with E-state index in [1.165, 1.54) is 11.4 Å². The first-order valence-electron chi connectivity index (χ1n) is 7.37. The van der Waals surface area contributed by atoms with Crippen LogP contribution in [0.3, 0.4) is 0 Å². The van der Waals surface area contributed by atoms with Crippen molar-refractivity contribution < 1.29 is 13.6 Å². The van der Waals surface area contributed by atoms with Gasteiger partial charge in [-0.3, -0.25) is 4.79 Å². The van der Waals surface area contributed by atoms with Gasteiger partial charge in [0.05, 0.1) is 11.1 Å². The first-order chi connectivity index (χ1) is 10.9. The number of benzene rings is 1. The number of carbonyl (C=O) groups is 1. The van der Waals surface area contributed by atoms with Gasteiger partial charge in [0, 0.05) is 11.9 Å². The van der Waals surface area contributed by atoms with Gasteiger partial charge in [0.15, 0.2) is 0 Å². The summed E-state index contributed by atoms with van der Waals surface area (Å²) in [4.78, 5) is 16.4. The molecule has 1 saturated carbocycles. The average molecular weight is 374 g/mol. The van der Waals surface area contributed by atoms with Crippen molar-refractivity contribution in [2.24, 2.45) is 11.7 Å². The Labute approximate surface area is 148 Å². The number of hydrogen-bond acceptors (Lipinski definition) is 4. The summed E-state index contributed by atoms with van der Waals surface area (Å²) in [5, 5.41) is 4.55.